The monoisotopic (exact) mass is 224 g/mol. The Morgan fingerprint density at radius 3 is 1.82 bits per heavy atom. The summed E-state index contributed by atoms with van der Waals surface area (Å²) in [6.07, 6.45) is 5.39. The van der Waals surface area contributed by atoms with Crippen molar-refractivity contribution in [2.24, 2.45) is 0 Å². The first-order valence-electron chi connectivity index (χ1n) is 5.70. The fraction of sp³-hybridized carbons (Fsp3) is 0.176. The van der Waals surface area contributed by atoms with E-state index in [0.29, 0.717) is 0 Å². The summed E-state index contributed by atoms with van der Waals surface area (Å²) in [5.74, 6) is 0. The molecule has 0 atom stereocenters. The summed E-state index contributed by atoms with van der Waals surface area (Å²) >= 11 is 0. The second-order valence-corrected chi connectivity index (χ2v) is 3.84. The molecule has 0 amide bonds. The van der Waals surface area contributed by atoms with Gasteiger partial charge < -0.3 is 0 Å². The van der Waals surface area contributed by atoms with Gasteiger partial charge in [0.1, 0.15) is 0 Å². The lowest BCUT2D eigenvalue weighted by molar-refractivity contribution is 1.14. The van der Waals surface area contributed by atoms with E-state index >= 15 is 0 Å². The van der Waals surface area contributed by atoms with Gasteiger partial charge >= 0.3 is 0 Å². The fourth-order valence-electron chi connectivity index (χ4n) is 1.62. The lowest BCUT2D eigenvalue weighted by Crippen LogP contribution is -1.79. The van der Waals surface area contributed by atoms with Crippen molar-refractivity contribution < 1.29 is 0 Å². The molecule has 0 nitrogen and oxygen atoms in total. The van der Waals surface area contributed by atoms with Crippen molar-refractivity contribution in [2.45, 2.75) is 20.8 Å². The van der Waals surface area contributed by atoms with Crippen LogP contribution in [-0.2, 0) is 6.42 Å². The number of aryl methyl sites for hydroxylation is 1. The summed E-state index contributed by atoms with van der Waals surface area (Å²) in [4.78, 5) is 0. The number of benzene rings is 2. The minimum Gasteiger partial charge on any atom is -0.0776 e. The normalized spacial score (nSPS) is 10.2. The maximum atomic E-state index is 2.19. The summed E-state index contributed by atoms with van der Waals surface area (Å²) in [6.45, 7) is 2.18. The molecule has 0 aromatic heterocycles. The molecule has 2 aromatic rings. The molecule has 0 fully saturated rings. The minimum absolute atomic E-state index is 0. The average molecular weight is 224 g/mol. The van der Waals surface area contributed by atoms with E-state index in [2.05, 4.69) is 67.6 Å². The van der Waals surface area contributed by atoms with Gasteiger partial charge in [-0.1, -0.05) is 81.1 Å². The zero-order chi connectivity index (χ0) is 11.2. The van der Waals surface area contributed by atoms with E-state index in [1.165, 1.54) is 16.7 Å². The van der Waals surface area contributed by atoms with Gasteiger partial charge in [-0.05, 0) is 23.1 Å². The van der Waals surface area contributed by atoms with Gasteiger partial charge in [0.15, 0.2) is 0 Å². The second-order valence-electron chi connectivity index (χ2n) is 3.84. The van der Waals surface area contributed by atoms with E-state index in [0.717, 1.165) is 6.42 Å². The summed E-state index contributed by atoms with van der Waals surface area (Å²) in [7, 11) is 0. The third-order valence-electron chi connectivity index (χ3n) is 2.66. The van der Waals surface area contributed by atoms with Crippen molar-refractivity contribution in [1.29, 1.82) is 0 Å². The molecule has 0 spiro atoms. The van der Waals surface area contributed by atoms with E-state index in [9.17, 15) is 0 Å². The molecule has 0 heterocycles. The molecule has 0 aliphatic rings. The molecule has 0 heteroatoms. The Balaban J connectivity index is 0.00000144. The Morgan fingerprint density at radius 2 is 1.29 bits per heavy atom. The summed E-state index contributed by atoms with van der Waals surface area (Å²) in [5.41, 5.74) is 3.87. The van der Waals surface area contributed by atoms with Crippen LogP contribution >= 0.6 is 0 Å². The average Bonchev–Trinajstić information content (AvgIpc) is 2.38. The maximum absolute atomic E-state index is 2.19. The van der Waals surface area contributed by atoms with E-state index < -0.39 is 0 Å². The van der Waals surface area contributed by atoms with Crippen LogP contribution in [0.2, 0.25) is 0 Å². The first-order chi connectivity index (χ1) is 7.88. The van der Waals surface area contributed by atoms with Crippen LogP contribution in [0.4, 0.5) is 0 Å². The summed E-state index contributed by atoms with van der Waals surface area (Å²) < 4.78 is 0. The molecule has 0 radical (unpaired) electrons. The minimum atomic E-state index is 0. The van der Waals surface area contributed by atoms with Crippen LogP contribution in [0.3, 0.4) is 0 Å². The van der Waals surface area contributed by atoms with Crippen LogP contribution < -0.4 is 0 Å². The SMILES string of the molecule is C.CCc1ccc(/C=C/c2ccccc2)cc1. The van der Waals surface area contributed by atoms with Crippen LogP contribution in [0.25, 0.3) is 12.2 Å². The Labute approximate surface area is 105 Å². The molecule has 0 unspecified atom stereocenters. The topological polar surface area (TPSA) is 0 Å². The zero-order valence-corrected chi connectivity index (χ0v) is 9.56. The lowest BCUT2D eigenvalue weighted by Gasteiger charge is -1.97. The highest BCUT2D eigenvalue weighted by atomic mass is 13.9. The molecule has 2 aromatic carbocycles. The largest absolute Gasteiger partial charge is 0.0776 e. The standard InChI is InChI=1S/C16H16.CH4/c1-2-14-8-10-16(11-9-14)13-12-15-6-4-3-5-7-15;/h3-13H,2H2,1H3;1H4/b13-12+;. The van der Waals surface area contributed by atoms with Gasteiger partial charge in [-0.25, -0.2) is 0 Å². The molecule has 0 aliphatic carbocycles. The molecule has 88 valence electrons. The molecule has 0 saturated heterocycles. The van der Waals surface area contributed by atoms with Gasteiger partial charge in [-0.2, -0.15) is 0 Å². The van der Waals surface area contributed by atoms with Gasteiger partial charge in [-0.3, -0.25) is 0 Å². The van der Waals surface area contributed by atoms with Crippen LogP contribution in [-0.4, -0.2) is 0 Å². The fourth-order valence-corrected chi connectivity index (χ4v) is 1.62. The predicted octanol–water partition coefficient (Wildman–Crippen LogP) is 5.06. The van der Waals surface area contributed by atoms with Crippen LogP contribution in [0, 0.1) is 0 Å². The molecular formula is C17H20. The van der Waals surface area contributed by atoms with Crippen molar-refractivity contribution >= 4 is 12.2 Å². The zero-order valence-electron chi connectivity index (χ0n) is 9.56. The van der Waals surface area contributed by atoms with E-state index in [-0.39, 0.29) is 7.43 Å². The molecule has 17 heavy (non-hydrogen) atoms. The quantitative estimate of drug-likeness (QED) is 0.639. The van der Waals surface area contributed by atoms with E-state index in [4.69, 9.17) is 0 Å². The summed E-state index contributed by atoms with van der Waals surface area (Å²) in [5, 5.41) is 0. The van der Waals surface area contributed by atoms with Gasteiger partial charge in [0.25, 0.3) is 0 Å². The number of rotatable bonds is 3. The van der Waals surface area contributed by atoms with Crippen molar-refractivity contribution in [2.75, 3.05) is 0 Å². The number of hydrogen-bond donors (Lipinski definition) is 0. The maximum Gasteiger partial charge on any atom is -0.0256 e. The van der Waals surface area contributed by atoms with Gasteiger partial charge in [0, 0.05) is 0 Å². The van der Waals surface area contributed by atoms with Crippen LogP contribution in [0.5, 0.6) is 0 Å². The molecular weight excluding hydrogens is 204 g/mol. The molecule has 2 rings (SSSR count). The Hall–Kier alpha value is -1.82. The highest BCUT2D eigenvalue weighted by molar-refractivity contribution is 5.69. The van der Waals surface area contributed by atoms with E-state index in [1.54, 1.807) is 0 Å². The number of hydrogen-bond acceptors (Lipinski definition) is 0. The molecule has 0 aliphatic heterocycles. The smallest absolute Gasteiger partial charge is 0.0256 e. The van der Waals surface area contributed by atoms with Crippen molar-refractivity contribution in [1.82, 2.24) is 0 Å². The third kappa shape index (κ3) is 3.92. The molecule has 0 saturated carbocycles. The van der Waals surface area contributed by atoms with Crippen LogP contribution in [0.1, 0.15) is 31.0 Å². The molecule has 0 N–H and O–H groups in total. The van der Waals surface area contributed by atoms with Gasteiger partial charge in [0.05, 0.1) is 0 Å². The second kappa shape index (κ2) is 6.70. The Morgan fingerprint density at radius 1 is 0.765 bits per heavy atom. The highest BCUT2D eigenvalue weighted by Crippen LogP contribution is 2.09. The van der Waals surface area contributed by atoms with E-state index in [1.807, 2.05) is 6.07 Å². The first-order valence-corrected chi connectivity index (χ1v) is 5.70. The lowest BCUT2D eigenvalue weighted by atomic mass is 10.1. The van der Waals surface area contributed by atoms with Crippen molar-refractivity contribution in [3.05, 3.63) is 71.3 Å². The third-order valence-corrected chi connectivity index (χ3v) is 2.66. The van der Waals surface area contributed by atoms with Crippen molar-refractivity contribution in [3.8, 4) is 0 Å². The molecule has 0 bridgehead atoms. The first kappa shape index (κ1) is 13.2. The van der Waals surface area contributed by atoms with Crippen LogP contribution in [0.15, 0.2) is 54.6 Å². The Bertz CT molecular complexity index is 449. The van der Waals surface area contributed by atoms with Gasteiger partial charge in [-0.15, -0.1) is 0 Å². The summed E-state index contributed by atoms with van der Waals surface area (Å²) in [6, 6.07) is 19.1. The predicted molar refractivity (Wildman–Crippen MR) is 77.9 cm³/mol. The van der Waals surface area contributed by atoms with Gasteiger partial charge in [0.2, 0.25) is 0 Å². The van der Waals surface area contributed by atoms with Crippen molar-refractivity contribution in [3.63, 3.8) is 0 Å². The highest BCUT2D eigenvalue weighted by Gasteiger charge is 1.89. The Kier molecular flexibility index (Phi) is 5.22.